The number of alkyl halides is 3. The summed E-state index contributed by atoms with van der Waals surface area (Å²) >= 11 is 1.10. The van der Waals surface area contributed by atoms with E-state index in [-0.39, 0.29) is 28.5 Å². The first-order chi connectivity index (χ1) is 18.5. The molecule has 2 aromatic heterocycles. The number of rotatable bonds is 7. The number of aryl methyl sites for hydroxylation is 1. The maximum absolute atomic E-state index is 14.4. The fraction of sp³-hybridized carbons (Fsp3) is 0.179. The van der Waals surface area contributed by atoms with Crippen molar-refractivity contribution in [1.29, 1.82) is 5.26 Å². The lowest BCUT2D eigenvalue weighted by Gasteiger charge is -2.17. The van der Waals surface area contributed by atoms with Gasteiger partial charge in [-0.15, -0.1) is 11.3 Å². The van der Waals surface area contributed by atoms with Gasteiger partial charge in [0.05, 0.1) is 29.8 Å². The van der Waals surface area contributed by atoms with E-state index in [9.17, 15) is 36.8 Å². The van der Waals surface area contributed by atoms with Gasteiger partial charge in [0.25, 0.3) is 5.56 Å². The highest BCUT2D eigenvalue weighted by atomic mass is 32.1. The molecule has 0 saturated heterocycles. The Kier molecular flexibility index (Phi) is 7.97. The molecule has 0 aliphatic rings. The zero-order valence-corrected chi connectivity index (χ0v) is 21.1. The second-order valence-electron chi connectivity index (χ2n) is 8.49. The lowest BCUT2D eigenvalue weighted by Crippen LogP contribution is -2.28. The molecule has 0 bridgehead atoms. The zero-order valence-electron chi connectivity index (χ0n) is 20.3. The summed E-state index contributed by atoms with van der Waals surface area (Å²) in [6, 6.07) is 15.1. The molecule has 0 spiro atoms. The normalized spacial score (nSPS) is 11.3. The number of aromatic nitrogens is 1. The van der Waals surface area contributed by atoms with Crippen LogP contribution in [-0.4, -0.2) is 17.6 Å². The van der Waals surface area contributed by atoms with Crippen LogP contribution in [0, 0.1) is 23.0 Å². The first kappa shape index (κ1) is 27.7. The number of carbonyl (C=O) groups is 1. The van der Waals surface area contributed by atoms with E-state index in [2.05, 4.69) is 4.74 Å². The number of pyridine rings is 1. The zero-order chi connectivity index (χ0) is 28.3. The van der Waals surface area contributed by atoms with E-state index < -0.39 is 41.0 Å². The van der Waals surface area contributed by atoms with Gasteiger partial charge in [-0.3, -0.25) is 9.59 Å². The molecule has 200 valence electrons. The van der Waals surface area contributed by atoms with Crippen molar-refractivity contribution < 1.29 is 31.5 Å². The van der Waals surface area contributed by atoms with E-state index in [1.165, 1.54) is 19.2 Å². The molecule has 0 saturated carbocycles. The molecule has 5 nitrogen and oxygen atoms in total. The van der Waals surface area contributed by atoms with E-state index in [0.717, 1.165) is 39.2 Å². The molecule has 0 aliphatic carbocycles. The van der Waals surface area contributed by atoms with Crippen molar-refractivity contribution in [3.8, 4) is 27.1 Å². The van der Waals surface area contributed by atoms with Crippen LogP contribution < -0.4 is 5.56 Å². The number of ether oxygens (including phenoxy) is 1. The third-order valence-electron chi connectivity index (χ3n) is 6.00. The maximum Gasteiger partial charge on any atom is 0.417 e. The Morgan fingerprint density at radius 1 is 1.03 bits per heavy atom. The van der Waals surface area contributed by atoms with Gasteiger partial charge in [-0.05, 0) is 41.8 Å². The van der Waals surface area contributed by atoms with E-state index in [0.29, 0.717) is 23.4 Å². The van der Waals surface area contributed by atoms with Crippen LogP contribution in [0.25, 0.3) is 21.0 Å². The molecular formula is C28H19F5N2O3S. The van der Waals surface area contributed by atoms with Gasteiger partial charge in [0.2, 0.25) is 0 Å². The molecule has 11 heteroatoms. The lowest BCUT2D eigenvalue weighted by molar-refractivity contribution is -0.140. The van der Waals surface area contributed by atoms with E-state index in [1.54, 1.807) is 18.2 Å². The van der Waals surface area contributed by atoms with Crippen LogP contribution in [-0.2, 0) is 28.7 Å². The van der Waals surface area contributed by atoms with Gasteiger partial charge in [0.15, 0.2) is 0 Å². The number of hydrogen-bond acceptors (Lipinski definition) is 5. The Labute approximate surface area is 223 Å². The quantitative estimate of drug-likeness (QED) is 0.190. The number of benzene rings is 2. The summed E-state index contributed by atoms with van der Waals surface area (Å²) in [5, 5.41) is 9.35. The van der Waals surface area contributed by atoms with Crippen molar-refractivity contribution in [2.75, 3.05) is 7.11 Å². The Morgan fingerprint density at radius 2 is 1.72 bits per heavy atom. The SMILES string of the molecule is COC(=O)CCc1ccc(-c2ccc(-c3cc(C(F)(F)F)c(C#N)c(=O)n3Cc3ccc(F)cc3F)s2)cc1. The number of carbonyl (C=O) groups excluding carboxylic acids is 1. The molecule has 0 fully saturated rings. The van der Waals surface area contributed by atoms with Crippen LogP contribution in [0.4, 0.5) is 22.0 Å². The summed E-state index contributed by atoms with van der Waals surface area (Å²) in [6.07, 6.45) is -4.30. The second-order valence-corrected chi connectivity index (χ2v) is 9.58. The van der Waals surface area contributed by atoms with Crippen molar-refractivity contribution in [3.63, 3.8) is 0 Å². The van der Waals surface area contributed by atoms with Crippen molar-refractivity contribution in [1.82, 2.24) is 4.57 Å². The Morgan fingerprint density at radius 3 is 2.33 bits per heavy atom. The van der Waals surface area contributed by atoms with Crippen LogP contribution in [0.1, 0.15) is 28.7 Å². The van der Waals surface area contributed by atoms with Gasteiger partial charge in [0, 0.05) is 22.9 Å². The molecule has 4 aromatic rings. The van der Waals surface area contributed by atoms with Gasteiger partial charge in [-0.2, -0.15) is 18.4 Å². The van der Waals surface area contributed by atoms with Crippen LogP contribution in [0.15, 0.2) is 65.5 Å². The summed E-state index contributed by atoms with van der Waals surface area (Å²) in [7, 11) is 1.31. The van der Waals surface area contributed by atoms with Gasteiger partial charge < -0.3 is 9.30 Å². The second kappa shape index (κ2) is 11.2. The van der Waals surface area contributed by atoms with Crippen molar-refractivity contribution >= 4 is 17.3 Å². The minimum atomic E-state index is -4.99. The highest BCUT2D eigenvalue weighted by molar-refractivity contribution is 7.18. The maximum atomic E-state index is 14.4. The number of thiophene rings is 1. The molecular weight excluding hydrogens is 539 g/mol. The number of methoxy groups -OCH3 is 1. The minimum absolute atomic E-state index is 0.136. The fourth-order valence-electron chi connectivity index (χ4n) is 3.97. The third-order valence-corrected chi connectivity index (χ3v) is 7.16. The molecule has 0 atom stereocenters. The molecule has 2 heterocycles. The summed E-state index contributed by atoms with van der Waals surface area (Å²) in [4.78, 5) is 25.4. The first-order valence-electron chi connectivity index (χ1n) is 11.5. The summed E-state index contributed by atoms with van der Waals surface area (Å²) < 4.78 is 74.7. The predicted molar refractivity (Wildman–Crippen MR) is 135 cm³/mol. The van der Waals surface area contributed by atoms with Gasteiger partial charge >= 0.3 is 12.1 Å². The first-order valence-corrected chi connectivity index (χ1v) is 12.3. The topological polar surface area (TPSA) is 72.1 Å². The molecule has 0 radical (unpaired) electrons. The average molecular weight is 559 g/mol. The Hall–Kier alpha value is -4.30. The van der Waals surface area contributed by atoms with Crippen LogP contribution in [0.3, 0.4) is 0 Å². The molecule has 0 aliphatic heterocycles. The summed E-state index contributed by atoms with van der Waals surface area (Å²) in [5.41, 5.74) is -2.42. The van der Waals surface area contributed by atoms with Gasteiger partial charge in [0.1, 0.15) is 23.3 Å². The van der Waals surface area contributed by atoms with Crippen molar-refractivity contribution in [2.45, 2.75) is 25.6 Å². The fourth-order valence-corrected chi connectivity index (χ4v) is 5.01. The number of nitriles is 1. The Balaban J connectivity index is 1.78. The van der Waals surface area contributed by atoms with E-state index in [1.807, 2.05) is 12.1 Å². The monoisotopic (exact) mass is 558 g/mol. The Bertz CT molecular complexity index is 1630. The van der Waals surface area contributed by atoms with Crippen molar-refractivity contribution in [2.24, 2.45) is 0 Å². The van der Waals surface area contributed by atoms with E-state index in [4.69, 9.17) is 0 Å². The van der Waals surface area contributed by atoms with Crippen molar-refractivity contribution in [3.05, 3.63) is 105 Å². The molecule has 4 rings (SSSR count). The van der Waals surface area contributed by atoms with Crippen LogP contribution in [0.2, 0.25) is 0 Å². The number of hydrogen-bond donors (Lipinski definition) is 0. The standard InChI is InChI=1S/C28H19F5N2O3S/c1-38-26(36)11-4-16-2-5-17(6-3-16)24-9-10-25(39-24)23-13-21(28(31,32)33)20(14-34)27(37)35(23)15-18-7-8-19(29)12-22(18)30/h2-3,5-10,12-13H,4,11,15H2,1H3. The summed E-state index contributed by atoms with van der Waals surface area (Å²) in [5.74, 6) is -2.17. The molecule has 0 N–H and O–H groups in total. The van der Waals surface area contributed by atoms with Gasteiger partial charge in [-0.1, -0.05) is 30.3 Å². The highest BCUT2D eigenvalue weighted by Gasteiger charge is 2.36. The molecule has 0 unspecified atom stereocenters. The minimum Gasteiger partial charge on any atom is -0.469 e. The molecule has 2 aromatic carbocycles. The smallest absolute Gasteiger partial charge is 0.417 e. The van der Waals surface area contributed by atoms with Crippen LogP contribution in [0.5, 0.6) is 0 Å². The summed E-state index contributed by atoms with van der Waals surface area (Å²) in [6.45, 7) is -0.519. The number of nitrogens with zero attached hydrogens (tertiary/aromatic N) is 2. The number of esters is 1. The predicted octanol–water partition coefficient (Wildman–Crippen LogP) is 6.57. The number of halogens is 5. The average Bonchev–Trinajstić information content (AvgIpc) is 3.39. The third kappa shape index (κ3) is 6.07. The van der Waals surface area contributed by atoms with Crippen LogP contribution >= 0.6 is 11.3 Å². The van der Waals surface area contributed by atoms with E-state index >= 15 is 0 Å². The highest BCUT2D eigenvalue weighted by Crippen LogP contribution is 2.38. The largest absolute Gasteiger partial charge is 0.469 e. The lowest BCUT2D eigenvalue weighted by atomic mass is 10.1. The molecule has 39 heavy (non-hydrogen) atoms. The molecule has 0 amide bonds. The van der Waals surface area contributed by atoms with Gasteiger partial charge in [-0.25, -0.2) is 8.78 Å².